The first-order chi connectivity index (χ1) is 10.0. The van der Waals surface area contributed by atoms with Crippen LogP contribution in [-0.2, 0) is 0 Å². The van der Waals surface area contributed by atoms with Crippen LogP contribution >= 0.6 is 15.9 Å². The molecule has 2 rings (SSSR count). The molecular weight excluding hydrogens is 330 g/mol. The molecular formula is C16H20BrN3O. The van der Waals surface area contributed by atoms with E-state index in [1.54, 1.807) is 13.3 Å². The zero-order valence-electron chi connectivity index (χ0n) is 12.7. The summed E-state index contributed by atoms with van der Waals surface area (Å²) in [6.07, 6.45) is 1.80. The van der Waals surface area contributed by atoms with Gasteiger partial charge in [0.15, 0.2) is 5.82 Å². The Morgan fingerprint density at radius 1 is 1.29 bits per heavy atom. The predicted octanol–water partition coefficient (Wildman–Crippen LogP) is 4.09. The number of hydrogen-bond donors (Lipinski definition) is 1. The Balaban J connectivity index is 2.22. The first-order valence-corrected chi connectivity index (χ1v) is 7.54. The molecule has 0 bridgehead atoms. The van der Waals surface area contributed by atoms with E-state index in [0.29, 0.717) is 0 Å². The van der Waals surface area contributed by atoms with Crippen LogP contribution in [0.5, 0.6) is 5.75 Å². The third kappa shape index (κ3) is 3.67. The number of anilines is 2. The average molecular weight is 350 g/mol. The molecule has 0 fully saturated rings. The van der Waals surface area contributed by atoms with Crippen molar-refractivity contribution in [2.24, 2.45) is 0 Å². The van der Waals surface area contributed by atoms with Crippen molar-refractivity contribution in [3.63, 3.8) is 0 Å². The highest BCUT2D eigenvalue weighted by Crippen LogP contribution is 2.30. The van der Waals surface area contributed by atoms with E-state index >= 15 is 0 Å². The van der Waals surface area contributed by atoms with E-state index in [1.807, 2.05) is 37.2 Å². The van der Waals surface area contributed by atoms with Crippen LogP contribution in [-0.4, -0.2) is 26.2 Å². The molecule has 0 aliphatic carbocycles. The minimum Gasteiger partial charge on any atom is -0.496 e. The largest absolute Gasteiger partial charge is 0.496 e. The fourth-order valence-corrected chi connectivity index (χ4v) is 2.69. The number of nitrogens with one attached hydrogen (secondary N) is 1. The molecule has 5 heteroatoms. The van der Waals surface area contributed by atoms with Crippen molar-refractivity contribution in [2.75, 3.05) is 31.4 Å². The number of aromatic nitrogens is 1. The third-order valence-corrected chi connectivity index (χ3v) is 3.88. The Bertz CT molecular complexity index is 616. The van der Waals surface area contributed by atoms with E-state index in [2.05, 4.69) is 45.3 Å². The zero-order valence-corrected chi connectivity index (χ0v) is 14.3. The summed E-state index contributed by atoms with van der Waals surface area (Å²) in [4.78, 5) is 6.40. The van der Waals surface area contributed by atoms with Crippen molar-refractivity contribution in [1.29, 1.82) is 0 Å². The molecule has 1 atom stereocenters. The Labute approximate surface area is 134 Å². The lowest BCUT2D eigenvalue weighted by Crippen LogP contribution is -2.15. The van der Waals surface area contributed by atoms with E-state index in [-0.39, 0.29) is 6.04 Å². The Morgan fingerprint density at radius 3 is 2.67 bits per heavy atom. The van der Waals surface area contributed by atoms with Crippen molar-refractivity contribution < 1.29 is 4.74 Å². The van der Waals surface area contributed by atoms with Gasteiger partial charge in [-0.05, 0) is 52.7 Å². The van der Waals surface area contributed by atoms with Crippen LogP contribution in [0.3, 0.4) is 0 Å². The molecule has 0 saturated heterocycles. The van der Waals surface area contributed by atoms with Crippen LogP contribution in [0.4, 0.5) is 11.5 Å². The average Bonchev–Trinajstić information content (AvgIpc) is 2.47. The molecule has 0 aliphatic heterocycles. The molecule has 2 aromatic rings. The molecule has 112 valence electrons. The fraction of sp³-hybridized carbons (Fsp3) is 0.312. The van der Waals surface area contributed by atoms with E-state index in [9.17, 15) is 0 Å². The van der Waals surface area contributed by atoms with Crippen LogP contribution in [0.25, 0.3) is 0 Å². The van der Waals surface area contributed by atoms with Crippen LogP contribution < -0.4 is 15.0 Å². The van der Waals surface area contributed by atoms with Crippen molar-refractivity contribution in [1.82, 2.24) is 4.98 Å². The van der Waals surface area contributed by atoms with Crippen molar-refractivity contribution in [2.45, 2.75) is 13.0 Å². The van der Waals surface area contributed by atoms with E-state index < -0.39 is 0 Å². The molecule has 1 heterocycles. The summed E-state index contributed by atoms with van der Waals surface area (Å²) in [5.41, 5.74) is 2.19. The normalized spacial score (nSPS) is 11.9. The maximum Gasteiger partial charge on any atom is 0.151 e. The monoisotopic (exact) mass is 349 g/mol. The van der Waals surface area contributed by atoms with Crippen molar-refractivity contribution >= 4 is 27.4 Å². The SMILES string of the molecule is COc1ccc(C(C)Nc2cccnc2N(C)C)cc1Br. The second-order valence-corrected chi connectivity index (χ2v) is 5.88. The van der Waals surface area contributed by atoms with Crippen molar-refractivity contribution in [3.05, 3.63) is 46.6 Å². The molecule has 0 saturated carbocycles. The van der Waals surface area contributed by atoms with Gasteiger partial charge < -0.3 is 15.0 Å². The van der Waals surface area contributed by atoms with Crippen LogP contribution in [0.1, 0.15) is 18.5 Å². The summed E-state index contributed by atoms with van der Waals surface area (Å²) in [7, 11) is 5.64. The number of hydrogen-bond acceptors (Lipinski definition) is 4. The highest BCUT2D eigenvalue weighted by Gasteiger charge is 2.11. The highest BCUT2D eigenvalue weighted by molar-refractivity contribution is 9.10. The molecule has 0 radical (unpaired) electrons. The number of rotatable bonds is 5. The van der Waals surface area contributed by atoms with Gasteiger partial charge in [0.25, 0.3) is 0 Å². The molecule has 1 aromatic heterocycles. The van der Waals surface area contributed by atoms with Crippen LogP contribution in [0, 0.1) is 0 Å². The number of methoxy groups -OCH3 is 1. The van der Waals surface area contributed by atoms with Crippen LogP contribution in [0.15, 0.2) is 41.0 Å². The topological polar surface area (TPSA) is 37.4 Å². The van der Waals surface area contributed by atoms with Crippen molar-refractivity contribution in [3.8, 4) is 5.75 Å². The van der Waals surface area contributed by atoms with Crippen LogP contribution in [0.2, 0.25) is 0 Å². The number of pyridine rings is 1. The van der Waals surface area contributed by atoms with Gasteiger partial charge in [-0.3, -0.25) is 0 Å². The maximum atomic E-state index is 5.26. The van der Waals surface area contributed by atoms with E-state index in [1.165, 1.54) is 5.56 Å². The number of halogens is 1. The summed E-state index contributed by atoms with van der Waals surface area (Å²) in [6.45, 7) is 2.13. The summed E-state index contributed by atoms with van der Waals surface area (Å²) in [5.74, 6) is 1.76. The molecule has 0 spiro atoms. The number of nitrogens with zero attached hydrogens (tertiary/aromatic N) is 2. The number of ether oxygens (including phenoxy) is 1. The molecule has 1 N–H and O–H groups in total. The maximum absolute atomic E-state index is 5.26. The standard InChI is InChI=1S/C16H20BrN3O/c1-11(12-7-8-15(21-4)13(17)10-12)19-14-6-5-9-18-16(14)20(2)3/h5-11,19H,1-4H3. The zero-order chi connectivity index (χ0) is 15.4. The fourth-order valence-electron chi connectivity index (χ4n) is 2.13. The first-order valence-electron chi connectivity index (χ1n) is 6.75. The van der Waals surface area contributed by atoms with Gasteiger partial charge in [0.1, 0.15) is 5.75 Å². The van der Waals surface area contributed by atoms with Gasteiger partial charge in [-0.25, -0.2) is 4.98 Å². The molecule has 21 heavy (non-hydrogen) atoms. The first kappa shape index (κ1) is 15.6. The molecule has 1 aromatic carbocycles. The summed E-state index contributed by atoms with van der Waals surface area (Å²) in [5, 5.41) is 3.51. The Hall–Kier alpha value is -1.75. The second kappa shape index (κ2) is 6.80. The van der Waals surface area contributed by atoms with E-state index in [0.717, 1.165) is 21.7 Å². The summed E-state index contributed by atoms with van der Waals surface area (Å²) < 4.78 is 6.22. The minimum atomic E-state index is 0.162. The minimum absolute atomic E-state index is 0.162. The third-order valence-electron chi connectivity index (χ3n) is 3.26. The number of benzene rings is 1. The molecule has 1 unspecified atom stereocenters. The lowest BCUT2D eigenvalue weighted by molar-refractivity contribution is 0.412. The van der Waals surface area contributed by atoms with Gasteiger partial charge in [0, 0.05) is 26.3 Å². The lowest BCUT2D eigenvalue weighted by atomic mass is 10.1. The quantitative estimate of drug-likeness (QED) is 0.881. The van der Waals surface area contributed by atoms with Gasteiger partial charge in [0.2, 0.25) is 0 Å². The summed E-state index contributed by atoms with van der Waals surface area (Å²) >= 11 is 3.53. The predicted molar refractivity (Wildman–Crippen MR) is 91.3 cm³/mol. The van der Waals surface area contributed by atoms with Gasteiger partial charge in [0.05, 0.1) is 17.3 Å². The van der Waals surface area contributed by atoms with E-state index in [4.69, 9.17) is 4.74 Å². The van der Waals surface area contributed by atoms with Gasteiger partial charge in [-0.1, -0.05) is 6.07 Å². The smallest absolute Gasteiger partial charge is 0.151 e. The highest BCUT2D eigenvalue weighted by atomic mass is 79.9. The Morgan fingerprint density at radius 2 is 2.05 bits per heavy atom. The molecule has 0 amide bonds. The molecule has 0 aliphatic rings. The Kier molecular flexibility index (Phi) is 5.07. The summed E-state index contributed by atoms with van der Waals surface area (Å²) in [6, 6.07) is 10.2. The van der Waals surface area contributed by atoms with Gasteiger partial charge in [-0.2, -0.15) is 0 Å². The van der Waals surface area contributed by atoms with Gasteiger partial charge in [-0.15, -0.1) is 0 Å². The molecule has 4 nitrogen and oxygen atoms in total. The second-order valence-electron chi connectivity index (χ2n) is 5.03. The lowest BCUT2D eigenvalue weighted by Gasteiger charge is -2.21. The van der Waals surface area contributed by atoms with Gasteiger partial charge >= 0.3 is 0 Å².